The normalized spacial score (nSPS) is 10.1. The number of hydrogen-bond donors (Lipinski definition) is 0. The molecular formula is C42H78Pt. The fourth-order valence-electron chi connectivity index (χ4n) is 4.60. The second kappa shape index (κ2) is 48.0. The van der Waals surface area contributed by atoms with Crippen LogP contribution in [0.3, 0.4) is 0 Å². The van der Waals surface area contributed by atoms with Crippen molar-refractivity contribution >= 4 is 0 Å². The molecule has 0 heterocycles. The van der Waals surface area contributed by atoms with Gasteiger partial charge in [-0.15, -0.1) is 0 Å². The van der Waals surface area contributed by atoms with Gasteiger partial charge in [0.05, 0.1) is 0 Å². The van der Waals surface area contributed by atoms with E-state index in [0.717, 1.165) is 32.1 Å². The third-order valence-corrected chi connectivity index (χ3v) is 6.28. The molecule has 0 saturated heterocycles. The van der Waals surface area contributed by atoms with Gasteiger partial charge in [-0.3, -0.25) is 0 Å². The zero-order valence-corrected chi connectivity index (χ0v) is 34.3. The molecule has 0 saturated carbocycles. The van der Waals surface area contributed by atoms with Gasteiger partial charge in [0.2, 0.25) is 0 Å². The van der Waals surface area contributed by atoms with Gasteiger partial charge in [0.25, 0.3) is 0 Å². The Kier molecular flexibility index (Phi) is 61.0. The molecule has 1 heteroatoms. The van der Waals surface area contributed by atoms with Crippen molar-refractivity contribution in [2.45, 2.75) is 174 Å². The van der Waals surface area contributed by atoms with Crippen LogP contribution >= 0.6 is 0 Å². The van der Waals surface area contributed by atoms with Crippen LogP contribution in [0.5, 0.6) is 0 Å². The van der Waals surface area contributed by atoms with E-state index in [0.29, 0.717) is 11.8 Å². The first-order chi connectivity index (χ1) is 20.7. The summed E-state index contributed by atoms with van der Waals surface area (Å²) in [5.74, 6) is 1.21. The van der Waals surface area contributed by atoms with Gasteiger partial charge >= 0.3 is 21.1 Å². The second-order valence-electron chi connectivity index (χ2n) is 8.41. The summed E-state index contributed by atoms with van der Waals surface area (Å²) >= 11 is 0. The largest absolute Gasteiger partial charge is 4.00 e. The molecule has 0 bridgehead atoms. The van der Waals surface area contributed by atoms with Crippen LogP contribution in [0.1, 0.15) is 183 Å². The van der Waals surface area contributed by atoms with E-state index >= 15 is 0 Å². The Labute approximate surface area is 290 Å². The summed E-state index contributed by atoms with van der Waals surface area (Å²) in [7, 11) is 0. The average molecular weight is 778 g/mol. The molecule has 0 amide bonds. The van der Waals surface area contributed by atoms with Gasteiger partial charge in [0.15, 0.2) is 0 Å². The molecule has 0 aliphatic rings. The summed E-state index contributed by atoms with van der Waals surface area (Å²) in [6.45, 7) is 32.9. The molecule has 2 aromatic rings. The summed E-state index contributed by atoms with van der Waals surface area (Å²) in [6.07, 6.45) is 19.0. The maximum atomic E-state index is 2.58. The molecular weight excluding hydrogens is 700 g/mol. The van der Waals surface area contributed by atoms with Crippen molar-refractivity contribution < 1.29 is 21.1 Å². The Hall–Kier alpha value is -0.872. The molecule has 0 fully saturated rings. The van der Waals surface area contributed by atoms with E-state index < -0.39 is 0 Å². The third kappa shape index (κ3) is 27.2. The number of aryl methyl sites for hydroxylation is 2. The Morgan fingerprint density at radius 1 is 0.465 bits per heavy atom. The monoisotopic (exact) mass is 778 g/mol. The summed E-state index contributed by atoms with van der Waals surface area (Å²) in [5.41, 5.74) is 6.13. The third-order valence-electron chi connectivity index (χ3n) is 6.28. The molecule has 2 aromatic carbocycles. The number of unbranched alkanes of at least 4 members (excludes halogenated alkanes) is 3. The second-order valence-corrected chi connectivity index (χ2v) is 8.41. The van der Waals surface area contributed by atoms with Crippen LogP contribution < -0.4 is 0 Å². The Balaban J connectivity index is -0.000000234. The minimum absolute atomic E-state index is 0. The van der Waals surface area contributed by atoms with Crippen molar-refractivity contribution in [3.05, 3.63) is 96.5 Å². The SMILES string of the molecule is CC.CC.CC.CC.CC.CC.C[CH-]CC[CH-]CC(C[CH-]CC(C[CH-]C)c1ccccc1CC)c1ccccc1CC.[Pt+4]. The Morgan fingerprint density at radius 2 is 0.814 bits per heavy atom. The number of hydrogen-bond acceptors (Lipinski definition) is 0. The smallest absolute Gasteiger partial charge is 0.334 e. The van der Waals surface area contributed by atoms with E-state index in [-0.39, 0.29) is 21.1 Å². The molecule has 0 nitrogen and oxygen atoms in total. The minimum Gasteiger partial charge on any atom is -0.334 e. The van der Waals surface area contributed by atoms with Gasteiger partial charge in [-0.05, 0) is 35.1 Å². The van der Waals surface area contributed by atoms with Crippen molar-refractivity contribution in [2.24, 2.45) is 0 Å². The zero-order chi connectivity index (χ0) is 33.6. The van der Waals surface area contributed by atoms with Crippen molar-refractivity contribution in [3.8, 4) is 0 Å². The van der Waals surface area contributed by atoms with Gasteiger partial charge in [-0.25, -0.2) is 12.8 Å². The van der Waals surface area contributed by atoms with Gasteiger partial charge < -0.3 is 25.7 Å². The molecule has 0 spiro atoms. The van der Waals surface area contributed by atoms with E-state index in [1.807, 2.05) is 83.1 Å². The van der Waals surface area contributed by atoms with Crippen LogP contribution in [0.25, 0.3) is 0 Å². The minimum atomic E-state index is 0. The van der Waals surface area contributed by atoms with Crippen molar-refractivity contribution in [1.82, 2.24) is 0 Å². The molecule has 2 unspecified atom stereocenters. The van der Waals surface area contributed by atoms with E-state index in [9.17, 15) is 0 Å². The van der Waals surface area contributed by atoms with Gasteiger partial charge in [-0.2, -0.15) is 39.5 Å². The Bertz CT molecular complexity index is 706. The average Bonchev–Trinajstić information content (AvgIpc) is 3.10. The molecule has 43 heavy (non-hydrogen) atoms. The zero-order valence-electron chi connectivity index (χ0n) is 32.1. The van der Waals surface area contributed by atoms with Gasteiger partial charge in [-0.1, -0.05) is 157 Å². The molecule has 256 valence electrons. The quantitative estimate of drug-likeness (QED) is 0.125. The first kappa shape index (κ1) is 54.6. The Morgan fingerprint density at radius 3 is 1.16 bits per heavy atom. The predicted octanol–water partition coefficient (Wildman–Crippen LogP) is 15.0. The summed E-state index contributed by atoms with van der Waals surface area (Å²) < 4.78 is 0. The standard InChI is InChI=1S/C30H42.6C2H6.Pt/c1-5-9-10-11-20-28(30-24-15-13-19-26(30)8-4)22-16-21-27(17-6-2)29-23-14-12-18-25(29)7-3;6*1-2;/h5-6,11-16,18-19,23-24,27-28H,7-10,17,20-22H2,1-4H3;6*1-2H3;/q-4;;;;;;;+4. The van der Waals surface area contributed by atoms with Gasteiger partial charge in [0.1, 0.15) is 0 Å². The summed E-state index contributed by atoms with van der Waals surface area (Å²) in [6, 6.07) is 18.1. The topological polar surface area (TPSA) is 0 Å². The van der Waals surface area contributed by atoms with Crippen LogP contribution in [0.15, 0.2) is 48.5 Å². The fourth-order valence-corrected chi connectivity index (χ4v) is 4.60. The van der Waals surface area contributed by atoms with Gasteiger partial charge in [0, 0.05) is 0 Å². The summed E-state index contributed by atoms with van der Waals surface area (Å²) in [4.78, 5) is 0. The number of rotatable bonds is 15. The number of benzene rings is 2. The van der Waals surface area contributed by atoms with Crippen LogP contribution in [0, 0.1) is 25.7 Å². The van der Waals surface area contributed by atoms with Crippen LogP contribution in [-0.4, -0.2) is 0 Å². The van der Waals surface area contributed by atoms with Crippen molar-refractivity contribution in [1.29, 1.82) is 0 Å². The molecule has 0 radical (unpaired) electrons. The fraction of sp³-hybridized carbons (Fsp3) is 0.619. The molecule has 2 atom stereocenters. The molecule has 0 aliphatic carbocycles. The van der Waals surface area contributed by atoms with Crippen LogP contribution in [-0.2, 0) is 33.9 Å². The van der Waals surface area contributed by atoms with E-state index in [1.165, 1.54) is 30.4 Å². The molecule has 2 rings (SSSR count). The van der Waals surface area contributed by atoms with E-state index in [2.05, 4.69) is 102 Å². The maximum Gasteiger partial charge on any atom is 4.00 e. The van der Waals surface area contributed by atoms with Crippen LogP contribution in [0.2, 0.25) is 0 Å². The van der Waals surface area contributed by atoms with Crippen molar-refractivity contribution in [3.63, 3.8) is 0 Å². The van der Waals surface area contributed by atoms with Crippen molar-refractivity contribution in [2.75, 3.05) is 0 Å². The maximum absolute atomic E-state index is 2.58. The molecule has 0 N–H and O–H groups in total. The predicted molar refractivity (Wildman–Crippen MR) is 201 cm³/mol. The van der Waals surface area contributed by atoms with E-state index in [1.54, 1.807) is 11.1 Å². The van der Waals surface area contributed by atoms with Crippen LogP contribution in [0.4, 0.5) is 0 Å². The van der Waals surface area contributed by atoms with E-state index in [4.69, 9.17) is 0 Å². The first-order valence-corrected chi connectivity index (χ1v) is 18.1. The molecule has 0 aliphatic heterocycles. The first-order valence-electron chi connectivity index (χ1n) is 18.1. The summed E-state index contributed by atoms with van der Waals surface area (Å²) in [5, 5.41) is 0. The molecule has 0 aromatic heterocycles.